The van der Waals surface area contributed by atoms with E-state index >= 15 is 0 Å². The van der Waals surface area contributed by atoms with Gasteiger partial charge in [0.25, 0.3) is 11.6 Å². The Hall–Kier alpha value is -3.42. The minimum Gasteiger partial charge on any atom is -0.465 e. The number of methoxy groups -OCH3 is 1. The number of hydrogen-bond acceptors (Lipinski definition) is 6. The molecular formula is C21H23N3O5. The van der Waals surface area contributed by atoms with Crippen LogP contribution in [0.5, 0.6) is 0 Å². The molecule has 0 spiro atoms. The lowest BCUT2D eigenvalue weighted by atomic mass is 10.1. The maximum absolute atomic E-state index is 12.7. The van der Waals surface area contributed by atoms with Crippen molar-refractivity contribution in [3.05, 3.63) is 69.3 Å². The third kappa shape index (κ3) is 4.90. The monoisotopic (exact) mass is 397 g/mol. The Morgan fingerprint density at radius 2 is 1.83 bits per heavy atom. The minimum atomic E-state index is -0.493. The molecule has 1 fully saturated rings. The fraction of sp³-hybridized carbons (Fsp3) is 0.333. The summed E-state index contributed by atoms with van der Waals surface area (Å²) in [5.74, 6) is -0.730. The number of non-ortho nitro benzene ring substituents is 1. The first kappa shape index (κ1) is 20.3. The Balaban J connectivity index is 1.67. The predicted octanol–water partition coefficient (Wildman–Crippen LogP) is 2.95. The Kier molecular flexibility index (Phi) is 6.43. The highest BCUT2D eigenvalue weighted by atomic mass is 16.6. The molecule has 152 valence electrons. The van der Waals surface area contributed by atoms with E-state index in [0.29, 0.717) is 24.1 Å². The van der Waals surface area contributed by atoms with Crippen LogP contribution in [-0.4, -0.2) is 43.5 Å². The number of nitro benzene ring substituents is 1. The molecule has 8 nitrogen and oxygen atoms in total. The van der Waals surface area contributed by atoms with E-state index in [1.54, 1.807) is 30.3 Å². The van der Waals surface area contributed by atoms with Gasteiger partial charge in [-0.15, -0.1) is 0 Å². The first-order valence-corrected chi connectivity index (χ1v) is 9.48. The summed E-state index contributed by atoms with van der Waals surface area (Å²) in [5, 5.41) is 14.0. The van der Waals surface area contributed by atoms with Gasteiger partial charge in [0.05, 0.1) is 28.8 Å². The van der Waals surface area contributed by atoms with Gasteiger partial charge in [-0.25, -0.2) is 4.79 Å². The average Bonchev–Trinajstić information content (AvgIpc) is 3.27. The van der Waals surface area contributed by atoms with Crippen LogP contribution in [0, 0.1) is 10.1 Å². The van der Waals surface area contributed by atoms with Crippen LogP contribution in [0.15, 0.2) is 42.5 Å². The molecule has 0 unspecified atom stereocenters. The van der Waals surface area contributed by atoms with Crippen molar-refractivity contribution >= 4 is 23.3 Å². The highest BCUT2D eigenvalue weighted by Gasteiger charge is 2.22. The van der Waals surface area contributed by atoms with Crippen molar-refractivity contribution in [2.75, 3.05) is 31.6 Å². The second kappa shape index (κ2) is 9.18. The van der Waals surface area contributed by atoms with Gasteiger partial charge in [-0.1, -0.05) is 12.1 Å². The molecule has 1 aliphatic rings. The molecular weight excluding hydrogens is 374 g/mol. The molecule has 0 bridgehead atoms. The zero-order chi connectivity index (χ0) is 20.8. The highest BCUT2D eigenvalue weighted by Crippen LogP contribution is 2.28. The molecule has 2 aromatic rings. The van der Waals surface area contributed by atoms with E-state index in [1.165, 1.54) is 19.2 Å². The minimum absolute atomic E-state index is 0.100. The van der Waals surface area contributed by atoms with Crippen LogP contribution in [0.2, 0.25) is 0 Å². The molecule has 2 aromatic carbocycles. The van der Waals surface area contributed by atoms with Crippen LogP contribution in [0.4, 0.5) is 11.4 Å². The third-order valence-electron chi connectivity index (χ3n) is 4.96. The maximum Gasteiger partial charge on any atom is 0.337 e. The van der Waals surface area contributed by atoms with Crippen LogP contribution in [0.25, 0.3) is 0 Å². The summed E-state index contributed by atoms with van der Waals surface area (Å²) < 4.78 is 4.67. The molecule has 1 saturated heterocycles. The number of nitrogens with one attached hydrogen (secondary N) is 1. The van der Waals surface area contributed by atoms with Gasteiger partial charge in [0, 0.05) is 31.8 Å². The lowest BCUT2D eigenvalue weighted by molar-refractivity contribution is -0.384. The predicted molar refractivity (Wildman–Crippen MR) is 108 cm³/mol. The number of amides is 1. The van der Waals surface area contributed by atoms with E-state index in [2.05, 4.69) is 15.0 Å². The Morgan fingerprint density at radius 3 is 2.45 bits per heavy atom. The molecule has 8 heteroatoms. The first-order valence-electron chi connectivity index (χ1n) is 9.48. The molecule has 0 aliphatic carbocycles. The molecule has 29 heavy (non-hydrogen) atoms. The van der Waals surface area contributed by atoms with Crippen molar-refractivity contribution in [1.29, 1.82) is 0 Å². The van der Waals surface area contributed by atoms with Gasteiger partial charge in [0.15, 0.2) is 0 Å². The molecule has 1 amide bonds. The van der Waals surface area contributed by atoms with Crippen molar-refractivity contribution in [3.8, 4) is 0 Å². The molecule has 3 rings (SSSR count). The summed E-state index contributed by atoms with van der Waals surface area (Å²) in [4.78, 5) is 36.9. The third-order valence-corrected chi connectivity index (χ3v) is 4.96. The number of nitro groups is 1. The number of nitrogens with zero attached hydrogens (tertiary/aromatic N) is 2. The summed E-state index contributed by atoms with van der Waals surface area (Å²) in [5.41, 5.74) is 2.37. The van der Waals surface area contributed by atoms with Gasteiger partial charge in [-0.3, -0.25) is 14.9 Å². The first-order chi connectivity index (χ1) is 14.0. The van der Waals surface area contributed by atoms with Crippen molar-refractivity contribution in [3.63, 3.8) is 0 Å². The standard InChI is InChI=1S/C21H23N3O5/c1-29-21(26)16-6-4-15(5-7-16)10-11-22-20(25)18-14-17(24(27)28)8-9-19(18)23-12-2-3-13-23/h4-9,14H,2-3,10-13H2,1H3,(H,22,25). The zero-order valence-electron chi connectivity index (χ0n) is 16.2. The average molecular weight is 397 g/mol. The van der Waals surface area contributed by atoms with Crippen LogP contribution in [0.1, 0.15) is 39.1 Å². The van der Waals surface area contributed by atoms with Gasteiger partial charge >= 0.3 is 5.97 Å². The number of hydrogen-bond donors (Lipinski definition) is 1. The van der Waals surface area contributed by atoms with Crippen LogP contribution < -0.4 is 10.2 Å². The van der Waals surface area contributed by atoms with E-state index in [-0.39, 0.29) is 11.6 Å². The van der Waals surface area contributed by atoms with Crippen LogP contribution in [0.3, 0.4) is 0 Å². The number of rotatable bonds is 7. The lowest BCUT2D eigenvalue weighted by Gasteiger charge is -2.20. The van der Waals surface area contributed by atoms with Crippen LogP contribution >= 0.6 is 0 Å². The Morgan fingerprint density at radius 1 is 1.14 bits per heavy atom. The van der Waals surface area contributed by atoms with Crippen molar-refractivity contribution < 1.29 is 19.2 Å². The number of anilines is 1. The molecule has 1 heterocycles. The molecule has 1 N–H and O–H groups in total. The highest BCUT2D eigenvalue weighted by molar-refractivity contribution is 6.00. The number of carbonyl (C=O) groups excluding carboxylic acids is 2. The molecule has 0 atom stereocenters. The Bertz CT molecular complexity index is 905. The van der Waals surface area contributed by atoms with Crippen molar-refractivity contribution in [1.82, 2.24) is 5.32 Å². The summed E-state index contributed by atoms with van der Waals surface area (Å²) in [6.07, 6.45) is 2.65. The fourth-order valence-corrected chi connectivity index (χ4v) is 3.39. The number of ether oxygens (including phenoxy) is 1. The molecule has 0 aromatic heterocycles. The largest absolute Gasteiger partial charge is 0.465 e. The second-order valence-corrected chi connectivity index (χ2v) is 6.85. The second-order valence-electron chi connectivity index (χ2n) is 6.85. The summed E-state index contributed by atoms with van der Waals surface area (Å²) in [6.45, 7) is 2.05. The SMILES string of the molecule is COC(=O)c1ccc(CCNC(=O)c2cc([N+](=O)[O-])ccc2N2CCCC2)cc1. The molecule has 0 radical (unpaired) electrons. The van der Waals surface area contributed by atoms with E-state index < -0.39 is 10.9 Å². The Labute approximate surface area is 168 Å². The zero-order valence-corrected chi connectivity index (χ0v) is 16.2. The van der Waals surface area contributed by atoms with Crippen LogP contribution in [-0.2, 0) is 11.2 Å². The fourth-order valence-electron chi connectivity index (χ4n) is 3.39. The maximum atomic E-state index is 12.7. The number of benzene rings is 2. The summed E-state index contributed by atoms with van der Waals surface area (Å²) in [6, 6.07) is 11.4. The topological polar surface area (TPSA) is 102 Å². The van der Waals surface area contributed by atoms with Gasteiger partial charge in [0.2, 0.25) is 0 Å². The van der Waals surface area contributed by atoms with E-state index in [1.807, 2.05) is 0 Å². The van der Waals surface area contributed by atoms with Crippen molar-refractivity contribution in [2.45, 2.75) is 19.3 Å². The normalized spacial score (nSPS) is 13.2. The smallest absolute Gasteiger partial charge is 0.337 e. The van der Waals surface area contributed by atoms with Gasteiger partial charge < -0.3 is 15.0 Å². The van der Waals surface area contributed by atoms with Gasteiger partial charge in [-0.2, -0.15) is 0 Å². The van der Waals surface area contributed by atoms with E-state index in [9.17, 15) is 19.7 Å². The quantitative estimate of drug-likeness (QED) is 0.438. The van der Waals surface area contributed by atoms with Gasteiger partial charge in [-0.05, 0) is 43.0 Å². The van der Waals surface area contributed by atoms with E-state index in [0.717, 1.165) is 37.2 Å². The van der Waals surface area contributed by atoms with E-state index in [4.69, 9.17) is 0 Å². The number of esters is 1. The molecule has 1 aliphatic heterocycles. The lowest BCUT2D eigenvalue weighted by Crippen LogP contribution is -2.29. The van der Waals surface area contributed by atoms with Gasteiger partial charge in [0.1, 0.15) is 0 Å². The number of carbonyl (C=O) groups is 2. The summed E-state index contributed by atoms with van der Waals surface area (Å²) in [7, 11) is 1.33. The summed E-state index contributed by atoms with van der Waals surface area (Å²) >= 11 is 0. The van der Waals surface area contributed by atoms with Crippen molar-refractivity contribution in [2.24, 2.45) is 0 Å². The molecule has 0 saturated carbocycles.